The van der Waals surface area contributed by atoms with Crippen molar-refractivity contribution in [3.05, 3.63) is 34.3 Å². The average molecular weight is 310 g/mol. The lowest BCUT2D eigenvalue weighted by molar-refractivity contribution is 0.116. The van der Waals surface area contributed by atoms with Gasteiger partial charge in [0.2, 0.25) is 0 Å². The first-order valence-electron chi connectivity index (χ1n) is 6.23. The van der Waals surface area contributed by atoms with Crippen molar-refractivity contribution < 1.29 is 4.79 Å². The number of carbonyl (C=O) groups is 1. The molecule has 0 saturated carbocycles. The van der Waals surface area contributed by atoms with Crippen LogP contribution >= 0.6 is 15.9 Å². The van der Waals surface area contributed by atoms with Crippen LogP contribution < -0.4 is 5.32 Å². The monoisotopic (exact) mass is 309 g/mol. The lowest BCUT2D eigenvalue weighted by Crippen LogP contribution is -2.51. The first-order valence-corrected chi connectivity index (χ1v) is 7.03. The highest BCUT2D eigenvalue weighted by atomic mass is 79.9. The fourth-order valence-electron chi connectivity index (χ4n) is 2.71. The molecule has 2 aliphatic rings. The molecule has 2 fully saturated rings. The molecule has 1 unspecified atom stereocenters. The summed E-state index contributed by atoms with van der Waals surface area (Å²) in [5, 5.41) is 2.91. The van der Waals surface area contributed by atoms with Gasteiger partial charge in [-0.05, 0) is 17.7 Å². The molecule has 1 N–H and O–H groups in total. The van der Waals surface area contributed by atoms with Gasteiger partial charge < -0.3 is 10.2 Å². The van der Waals surface area contributed by atoms with E-state index in [0.29, 0.717) is 6.04 Å². The highest BCUT2D eigenvalue weighted by Gasteiger charge is 2.35. The smallest absolute Gasteiger partial charge is 0.317 e. The molecule has 2 amide bonds. The summed E-state index contributed by atoms with van der Waals surface area (Å²) in [6.45, 7) is 4.50. The second-order valence-electron chi connectivity index (χ2n) is 4.90. The van der Waals surface area contributed by atoms with Gasteiger partial charge in [0.1, 0.15) is 0 Å². The van der Waals surface area contributed by atoms with Gasteiger partial charge in [0.05, 0.1) is 6.04 Å². The number of halogens is 1. The standard InChI is InChI=1S/C13H16BrN3O/c14-11-3-1-2-10(6-11)8-16-4-5-17-12(9-16)7-15-13(17)18/h1-3,6,12H,4-5,7-9H2,(H,15,18). The summed E-state index contributed by atoms with van der Waals surface area (Å²) in [4.78, 5) is 15.9. The average Bonchev–Trinajstić information content (AvgIpc) is 2.71. The van der Waals surface area contributed by atoms with E-state index in [1.54, 1.807) is 0 Å². The summed E-state index contributed by atoms with van der Waals surface area (Å²) in [7, 11) is 0. The van der Waals surface area contributed by atoms with Crippen molar-refractivity contribution in [1.29, 1.82) is 0 Å². The van der Waals surface area contributed by atoms with Crippen molar-refractivity contribution in [2.24, 2.45) is 0 Å². The molecule has 2 aliphatic heterocycles. The quantitative estimate of drug-likeness (QED) is 0.902. The van der Waals surface area contributed by atoms with Crippen LogP contribution in [0.5, 0.6) is 0 Å². The highest BCUT2D eigenvalue weighted by molar-refractivity contribution is 9.10. The summed E-state index contributed by atoms with van der Waals surface area (Å²) in [5.41, 5.74) is 1.31. The number of piperazine rings is 1. The molecule has 96 valence electrons. The molecule has 0 radical (unpaired) electrons. The van der Waals surface area contributed by atoms with Crippen LogP contribution in [0.2, 0.25) is 0 Å². The molecular formula is C13H16BrN3O. The normalized spacial score (nSPS) is 23.9. The van der Waals surface area contributed by atoms with Gasteiger partial charge in [-0.3, -0.25) is 4.90 Å². The summed E-state index contributed by atoms with van der Waals surface area (Å²) in [5.74, 6) is 0. The maximum Gasteiger partial charge on any atom is 0.317 e. The van der Waals surface area contributed by atoms with Gasteiger partial charge in [-0.2, -0.15) is 0 Å². The van der Waals surface area contributed by atoms with Gasteiger partial charge >= 0.3 is 6.03 Å². The highest BCUT2D eigenvalue weighted by Crippen LogP contribution is 2.18. The Kier molecular flexibility index (Phi) is 3.26. The third-order valence-corrected chi connectivity index (χ3v) is 4.11. The molecule has 1 aromatic carbocycles. The SMILES string of the molecule is O=C1NCC2CN(Cc3cccc(Br)c3)CCN12. The molecule has 2 heterocycles. The number of fused-ring (bicyclic) bond motifs is 1. The van der Waals surface area contributed by atoms with Crippen LogP contribution in [0.1, 0.15) is 5.56 Å². The number of nitrogens with zero attached hydrogens (tertiary/aromatic N) is 2. The molecule has 1 atom stereocenters. The van der Waals surface area contributed by atoms with Gasteiger partial charge in [-0.25, -0.2) is 4.79 Å². The zero-order valence-corrected chi connectivity index (χ0v) is 11.7. The molecule has 0 spiro atoms. The van der Waals surface area contributed by atoms with Crippen molar-refractivity contribution >= 4 is 22.0 Å². The predicted octanol–water partition coefficient (Wildman–Crippen LogP) is 1.66. The Morgan fingerprint density at radius 1 is 1.39 bits per heavy atom. The molecular weight excluding hydrogens is 294 g/mol. The van der Waals surface area contributed by atoms with Gasteiger partial charge in [-0.1, -0.05) is 28.1 Å². The molecule has 5 heteroatoms. The van der Waals surface area contributed by atoms with Crippen LogP contribution in [0, 0.1) is 0 Å². The number of carbonyl (C=O) groups excluding carboxylic acids is 1. The van der Waals surface area contributed by atoms with Crippen molar-refractivity contribution in [2.45, 2.75) is 12.6 Å². The van der Waals surface area contributed by atoms with Crippen LogP contribution in [-0.4, -0.2) is 48.1 Å². The van der Waals surface area contributed by atoms with E-state index in [2.05, 4.69) is 44.3 Å². The summed E-state index contributed by atoms with van der Waals surface area (Å²) in [6.07, 6.45) is 0. The zero-order chi connectivity index (χ0) is 12.5. The van der Waals surface area contributed by atoms with Crippen molar-refractivity contribution in [1.82, 2.24) is 15.1 Å². The van der Waals surface area contributed by atoms with Crippen LogP contribution in [0.4, 0.5) is 4.79 Å². The number of hydrogen-bond acceptors (Lipinski definition) is 2. The van der Waals surface area contributed by atoms with E-state index >= 15 is 0 Å². The third kappa shape index (κ3) is 2.37. The van der Waals surface area contributed by atoms with E-state index in [-0.39, 0.29) is 6.03 Å². The fraction of sp³-hybridized carbons (Fsp3) is 0.462. The Morgan fingerprint density at radius 2 is 2.28 bits per heavy atom. The number of amides is 2. The van der Waals surface area contributed by atoms with E-state index in [1.807, 2.05) is 11.0 Å². The first kappa shape index (κ1) is 12.0. The predicted molar refractivity (Wildman–Crippen MR) is 73.3 cm³/mol. The van der Waals surface area contributed by atoms with E-state index < -0.39 is 0 Å². The number of rotatable bonds is 2. The van der Waals surface area contributed by atoms with E-state index in [4.69, 9.17) is 0 Å². The van der Waals surface area contributed by atoms with Gasteiger partial charge in [0.25, 0.3) is 0 Å². The lowest BCUT2D eigenvalue weighted by Gasteiger charge is -2.36. The molecule has 18 heavy (non-hydrogen) atoms. The summed E-state index contributed by atoms with van der Waals surface area (Å²) in [6, 6.07) is 8.86. The Balaban J connectivity index is 1.64. The molecule has 4 nitrogen and oxygen atoms in total. The number of hydrogen-bond donors (Lipinski definition) is 1. The first-order chi connectivity index (χ1) is 8.72. The van der Waals surface area contributed by atoms with Crippen LogP contribution in [0.15, 0.2) is 28.7 Å². The minimum absolute atomic E-state index is 0.0992. The fourth-order valence-corrected chi connectivity index (χ4v) is 3.15. The second-order valence-corrected chi connectivity index (χ2v) is 5.81. The van der Waals surface area contributed by atoms with E-state index in [9.17, 15) is 4.79 Å². The van der Waals surface area contributed by atoms with E-state index in [0.717, 1.165) is 37.2 Å². The zero-order valence-electron chi connectivity index (χ0n) is 10.1. The van der Waals surface area contributed by atoms with Gasteiger partial charge in [-0.15, -0.1) is 0 Å². The summed E-state index contributed by atoms with van der Waals surface area (Å²) < 4.78 is 1.12. The lowest BCUT2D eigenvalue weighted by atomic mass is 10.1. The molecule has 0 aliphatic carbocycles. The Morgan fingerprint density at radius 3 is 3.11 bits per heavy atom. The third-order valence-electron chi connectivity index (χ3n) is 3.61. The number of nitrogens with one attached hydrogen (secondary N) is 1. The van der Waals surface area contributed by atoms with Gasteiger partial charge in [0.15, 0.2) is 0 Å². The van der Waals surface area contributed by atoms with Crippen LogP contribution in [0.3, 0.4) is 0 Å². The maximum absolute atomic E-state index is 11.5. The molecule has 1 aromatic rings. The molecule has 2 saturated heterocycles. The number of urea groups is 1. The van der Waals surface area contributed by atoms with Crippen molar-refractivity contribution in [2.75, 3.05) is 26.2 Å². The minimum Gasteiger partial charge on any atom is -0.336 e. The van der Waals surface area contributed by atoms with Crippen molar-refractivity contribution in [3.63, 3.8) is 0 Å². The van der Waals surface area contributed by atoms with Crippen LogP contribution in [-0.2, 0) is 6.54 Å². The summed E-state index contributed by atoms with van der Waals surface area (Å²) >= 11 is 3.50. The Hall–Kier alpha value is -1.07. The molecule has 0 aromatic heterocycles. The van der Waals surface area contributed by atoms with Crippen molar-refractivity contribution in [3.8, 4) is 0 Å². The topological polar surface area (TPSA) is 35.6 Å². The largest absolute Gasteiger partial charge is 0.336 e. The van der Waals surface area contributed by atoms with Gasteiger partial charge in [0, 0.05) is 37.2 Å². The Bertz CT molecular complexity index is 465. The van der Waals surface area contributed by atoms with Crippen LogP contribution in [0.25, 0.3) is 0 Å². The maximum atomic E-state index is 11.5. The Labute approximate surface area is 115 Å². The molecule has 0 bridgehead atoms. The number of benzene rings is 1. The molecule has 3 rings (SSSR count). The second kappa shape index (κ2) is 4.90. The van der Waals surface area contributed by atoms with E-state index in [1.165, 1.54) is 5.56 Å². The minimum atomic E-state index is 0.0992.